The molecule has 0 aliphatic rings. The number of rotatable bonds is 6. The Morgan fingerprint density at radius 2 is 2.15 bits per heavy atom. The van der Waals surface area contributed by atoms with Gasteiger partial charge in [0.1, 0.15) is 18.2 Å². The van der Waals surface area contributed by atoms with Crippen molar-refractivity contribution in [1.29, 1.82) is 0 Å². The lowest BCUT2D eigenvalue weighted by Gasteiger charge is -2.09. The van der Waals surface area contributed by atoms with Crippen LogP contribution in [0, 0.1) is 22.9 Å². The van der Waals surface area contributed by atoms with Gasteiger partial charge in [-0.15, -0.1) is 11.3 Å². The molecule has 0 atom stereocenters. The first kappa shape index (κ1) is 18.5. The summed E-state index contributed by atoms with van der Waals surface area (Å²) in [5.74, 6) is -0.919. The summed E-state index contributed by atoms with van der Waals surface area (Å²) in [6, 6.07) is 9.28. The Morgan fingerprint density at radius 3 is 2.85 bits per heavy atom. The Labute approximate surface area is 157 Å². The number of thiazole rings is 1. The van der Waals surface area contributed by atoms with Gasteiger partial charge in [-0.1, -0.05) is 6.07 Å². The van der Waals surface area contributed by atoms with Gasteiger partial charge >= 0.3 is 0 Å². The molecule has 0 spiro atoms. The molecule has 138 valence electrons. The fourth-order valence-corrected chi connectivity index (χ4v) is 2.87. The van der Waals surface area contributed by atoms with Crippen molar-refractivity contribution in [3.05, 3.63) is 80.0 Å². The molecule has 0 unspecified atom stereocenters. The zero-order valence-corrected chi connectivity index (χ0v) is 15.0. The third-order valence-corrected chi connectivity index (χ3v) is 4.38. The topological polar surface area (TPSA) is 94.4 Å². The maximum absolute atomic E-state index is 13.8. The fourth-order valence-electron chi connectivity index (χ4n) is 2.28. The van der Waals surface area contributed by atoms with Gasteiger partial charge in [-0.05, 0) is 31.2 Å². The molecule has 0 fully saturated rings. The number of nitrogens with zero attached hydrogens (tertiary/aromatic N) is 2. The molecular formula is C18H14FN3O4S. The number of hydrogen-bond acceptors (Lipinski definition) is 6. The number of ether oxygens (including phenoxy) is 1. The molecule has 0 saturated carbocycles. The number of hydrogen-bond donors (Lipinski definition) is 1. The van der Waals surface area contributed by atoms with Gasteiger partial charge in [0.2, 0.25) is 0 Å². The van der Waals surface area contributed by atoms with Crippen molar-refractivity contribution in [2.24, 2.45) is 0 Å². The van der Waals surface area contributed by atoms with Crippen LogP contribution >= 0.6 is 11.3 Å². The van der Waals surface area contributed by atoms with Gasteiger partial charge in [-0.3, -0.25) is 14.9 Å². The maximum Gasteiger partial charge on any atom is 0.271 e. The molecule has 0 aliphatic heterocycles. The number of aryl methyl sites for hydroxylation is 1. The normalized spacial score (nSPS) is 10.4. The van der Waals surface area contributed by atoms with Crippen LogP contribution in [0.5, 0.6) is 5.75 Å². The van der Waals surface area contributed by atoms with Gasteiger partial charge in [-0.2, -0.15) is 0 Å². The zero-order chi connectivity index (χ0) is 19.4. The molecule has 1 aromatic heterocycles. The van der Waals surface area contributed by atoms with Crippen LogP contribution < -0.4 is 10.1 Å². The first-order chi connectivity index (χ1) is 12.9. The molecule has 0 bridgehead atoms. The van der Waals surface area contributed by atoms with Crippen LogP contribution in [-0.4, -0.2) is 15.8 Å². The van der Waals surface area contributed by atoms with Gasteiger partial charge in [0.05, 0.1) is 21.3 Å². The largest absolute Gasteiger partial charge is 0.487 e. The summed E-state index contributed by atoms with van der Waals surface area (Å²) in [6.07, 6.45) is 0. The van der Waals surface area contributed by atoms with Crippen LogP contribution in [0.1, 0.15) is 21.1 Å². The molecule has 0 radical (unpaired) electrons. The Balaban J connectivity index is 1.72. The average molecular weight is 387 g/mol. The minimum Gasteiger partial charge on any atom is -0.487 e. The summed E-state index contributed by atoms with van der Waals surface area (Å²) < 4.78 is 19.5. The lowest BCUT2D eigenvalue weighted by molar-refractivity contribution is -0.384. The quantitative estimate of drug-likeness (QED) is 0.502. The third-order valence-electron chi connectivity index (χ3n) is 3.56. The summed E-state index contributed by atoms with van der Waals surface area (Å²) >= 11 is 1.51. The van der Waals surface area contributed by atoms with E-state index in [0.717, 1.165) is 28.9 Å². The van der Waals surface area contributed by atoms with E-state index >= 15 is 0 Å². The number of aromatic nitrogens is 1. The smallest absolute Gasteiger partial charge is 0.271 e. The van der Waals surface area contributed by atoms with Crippen molar-refractivity contribution in [3.8, 4) is 5.75 Å². The molecule has 3 aromatic rings. The lowest BCUT2D eigenvalue weighted by atomic mass is 10.2. The van der Waals surface area contributed by atoms with E-state index < -0.39 is 16.6 Å². The summed E-state index contributed by atoms with van der Waals surface area (Å²) in [7, 11) is 0. The van der Waals surface area contributed by atoms with Gasteiger partial charge in [0.15, 0.2) is 0 Å². The Kier molecular flexibility index (Phi) is 5.41. The van der Waals surface area contributed by atoms with E-state index in [1.807, 2.05) is 12.3 Å². The average Bonchev–Trinajstić information content (AvgIpc) is 3.07. The molecule has 0 saturated heterocycles. The minimum absolute atomic E-state index is 0.230. The van der Waals surface area contributed by atoms with E-state index in [9.17, 15) is 19.3 Å². The van der Waals surface area contributed by atoms with Crippen molar-refractivity contribution in [1.82, 2.24) is 4.98 Å². The molecular weight excluding hydrogens is 373 g/mol. The van der Waals surface area contributed by atoms with E-state index in [4.69, 9.17) is 4.74 Å². The van der Waals surface area contributed by atoms with Crippen LogP contribution in [0.3, 0.4) is 0 Å². The van der Waals surface area contributed by atoms with Crippen LogP contribution in [-0.2, 0) is 6.61 Å². The highest BCUT2D eigenvalue weighted by atomic mass is 32.1. The summed E-state index contributed by atoms with van der Waals surface area (Å²) in [6.45, 7) is 2.15. The summed E-state index contributed by atoms with van der Waals surface area (Å²) in [5, 5.41) is 16.0. The third kappa shape index (κ3) is 4.64. The van der Waals surface area contributed by atoms with Crippen molar-refractivity contribution in [2.75, 3.05) is 5.32 Å². The molecule has 1 amide bonds. The monoisotopic (exact) mass is 387 g/mol. The van der Waals surface area contributed by atoms with E-state index in [1.54, 1.807) is 12.1 Å². The highest BCUT2D eigenvalue weighted by molar-refractivity contribution is 7.09. The second-order valence-electron chi connectivity index (χ2n) is 5.55. The van der Waals surface area contributed by atoms with Crippen LogP contribution in [0.4, 0.5) is 15.8 Å². The number of carbonyl (C=O) groups is 1. The van der Waals surface area contributed by atoms with Crippen LogP contribution in [0.2, 0.25) is 0 Å². The van der Waals surface area contributed by atoms with Crippen molar-refractivity contribution >= 4 is 28.6 Å². The number of anilines is 1. The molecule has 2 aromatic carbocycles. The molecule has 1 heterocycles. The van der Waals surface area contributed by atoms with E-state index in [1.165, 1.54) is 23.5 Å². The van der Waals surface area contributed by atoms with E-state index in [0.29, 0.717) is 5.75 Å². The predicted octanol–water partition coefficient (Wildman–Crippen LogP) is 4.33. The first-order valence-electron chi connectivity index (χ1n) is 7.81. The molecule has 3 rings (SSSR count). The van der Waals surface area contributed by atoms with Crippen molar-refractivity contribution < 1.29 is 18.8 Å². The van der Waals surface area contributed by atoms with E-state index in [2.05, 4.69) is 10.3 Å². The number of benzene rings is 2. The highest BCUT2D eigenvalue weighted by Gasteiger charge is 2.14. The van der Waals surface area contributed by atoms with Gasteiger partial charge in [0, 0.05) is 23.1 Å². The Hall–Kier alpha value is -3.33. The number of halogens is 1. The lowest BCUT2D eigenvalue weighted by Crippen LogP contribution is -2.13. The van der Waals surface area contributed by atoms with Crippen LogP contribution in [0.15, 0.2) is 47.8 Å². The van der Waals surface area contributed by atoms with Gasteiger partial charge in [-0.25, -0.2) is 9.37 Å². The number of amides is 1. The zero-order valence-electron chi connectivity index (χ0n) is 14.1. The number of nitro groups is 1. The number of non-ortho nitro benzene ring substituents is 1. The molecule has 27 heavy (non-hydrogen) atoms. The highest BCUT2D eigenvalue weighted by Crippen LogP contribution is 2.23. The summed E-state index contributed by atoms with van der Waals surface area (Å²) in [4.78, 5) is 26.8. The van der Waals surface area contributed by atoms with Gasteiger partial charge in [0.25, 0.3) is 11.6 Å². The molecule has 9 heteroatoms. The number of carbonyl (C=O) groups excluding carboxylic acids is 1. The predicted molar refractivity (Wildman–Crippen MR) is 98.6 cm³/mol. The Morgan fingerprint density at radius 1 is 1.33 bits per heavy atom. The molecule has 7 nitrogen and oxygen atoms in total. The van der Waals surface area contributed by atoms with Gasteiger partial charge < -0.3 is 10.1 Å². The first-order valence-corrected chi connectivity index (χ1v) is 8.69. The van der Waals surface area contributed by atoms with E-state index in [-0.39, 0.29) is 23.5 Å². The fraction of sp³-hybridized carbons (Fsp3) is 0.111. The second-order valence-corrected chi connectivity index (χ2v) is 6.61. The molecule has 1 N–H and O–H groups in total. The van der Waals surface area contributed by atoms with Crippen LogP contribution in [0.25, 0.3) is 0 Å². The SMILES string of the molecule is Cc1nc(COc2cccc(C(=O)Nc3cc([N+](=O)[O-])ccc3F)c2)cs1. The number of nitro benzene ring substituents is 1. The minimum atomic E-state index is -0.764. The van der Waals surface area contributed by atoms with Crippen molar-refractivity contribution in [3.63, 3.8) is 0 Å². The standard InChI is InChI=1S/C18H14FN3O4S/c1-11-20-13(10-27-11)9-26-15-4-2-3-12(7-15)18(23)21-17-8-14(22(24)25)5-6-16(17)19/h2-8,10H,9H2,1H3,(H,21,23). The molecule has 0 aliphatic carbocycles. The maximum atomic E-state index is 13.8. The second kappa shape index (κ2) is 7.92. The van der Waals surface area contributed by atoms with Crippen molar-refractivity contribution in [2.45, 2.75) is 13.5 Å². The number of nitrogens with one attached hydrogen (secondary N) is 1. The Bertz CT molecular complexity index is 1010. The summed E-state index contributed by atoms with van der Waals surface area (Å²) in [5.41, 5.74) is 0.430.